The van der Waals surface area contributed by atoms with Gasteiger partial charge in [0.05, 0.1) is 5.69 Å². The molecule has 1 saturated heterocycles. The van der Waals surface area contributed by atoms with E-state index in [1.54, 1.807) is 0 Å². The van der Waals surface area contributed by atoms with E-state index in [-0.39, 0.29) is 12.4 Å². The summed E-state index contributed by atoms with van der Waals surface area (Å²) in [6, 6.07) is 6.60. The highest BCUT2D eigenvalue weighted by Crippen LogP contribution is 2.19. The Kier molecular flexibility index (Phi) is 3.50. The van der Waals surface area contributed by atoms with Crippen LogP contribution in [0.3, 0.4) is 0 Å². The van der Waals surface area contributed by atoms with Crippen LogP contribution in [-0.2, 0) is 0 Å². The molecule has 0 unspecified atom stereocenters. The van der Waals surface area contributed by atoms with Crippen molar-refractivity contribution < 1.29 is 0 Å². The predicted molar refractivity (Wildman–Crippen MR) is 51.5 cm³/mol. The number of hydrogen-bond acceptors (Lipinski definition) is 2. The minimum Gasteiger partial charge on any atom is -0.309 e. The summed E-state index contributed by atoms with van der Waals surface area (Å²) in [5.74, 6) is 0. The first kappa shape index (κ1) is 9.49. The first-order chi connectivity index (χ1) is 5.47. The van der Waals surface area contributed by atoms with Crippen molar-refractivity contribution in [3.05, 3.63) is 30.1 Å². The van der Waals surface area contributed by atoms with E-state index < -0.39 is 0 Å². The Morgan fingerprint density at radius 1 is 1.42 bits per heavy atom. The third-order valence-electron chi connectivity index (χ3n) is 2.11. The molecule has 2 rings (SSSR count). The van der Waals surface area contributed by atoms with Crippen LogP contribution < -0.4 is 5.32 Å². The van der Waals surface area contributed by atoms with E-state index in [0.29, 0.717) is 6.04 Å². The van der Waals surface area contributed by atoms with Gasteiger partial charge in [0, 0.05) is 12.2 Å². The van der Waals surface area contributed by atoms with Crippen LogP contribution in [0.4, 0.5) is 0 Å². The van der Waals surface area contributed by atoms with Gasteiger partial charge >= 0.3 is 0 Å². The average Bonchev–Trinajstić information content (AvgIpc) is 2.58. The highest BCUT2D eigenvalue weighted by molar-refractivity contribution is 5.85. The predicted octanol–water partition coefficient (Wildman–Crippen LogP) is 1.93. The van der Waals surface area contributed by atoms with E-state index in [1.807, 2.05) is 18.3 Å². The van der Waals surface area contributed by atoms with Crippen LogP contribution in [-0.4, -0.2) is 11.5 Å². The number of rotatable bonds is 1. The smallest absolute Gasteiger partial charge is 0.0573 e. The second kappa shape index (κ2) is 4.43. The second-order valence-corrected chi connectivity index (χ2v) is 2.90. The zero-order valence-corrected chi connectivity index (χ0v) is 7.68. The van der Waals surface area contributed by atoms with Crippen LogP contribution in [0, 0.1) is 0 Å². The van der Waals surface area contributed by atoms with E-state index >= 15 is 0 Å². The van der Waals surface area contributed by atoms with Crippen LogP contribution >= 0.6 is 12.4 Å². The van der Waals surface area contributed by atoms with Crippen LogP contribution in [0.1, 0.15) is 24.6 Å². The monoisotopic (exact) mass is 184 g/mol. The maximum absolute atomic E-state index is 4.30. The lowest BCUT2D eigenvalue weighted by molar-refractivity contribution is 0.628. The number of aromatic nitrogens is 1. The highest BCUT2D eigenvalue weighted by Gasteiger charge is 2.15. The van der Waals surface area contributed by atoms with Crippen LogP contribution in [0.2, 0.25) is 0 Å². The molecular weight excluding hydrogens is 172 g/mol. The Morgan fingerprint density at radius 3 is 2.92 bits per heavy atom. The topological polar surface area (TPSA) is 24.9 Å². The van der Waals surface area contributed by atoms with Gasteiger partial charge in [0.1, 0.15) is 0 Å². The van der Waals surface area contributed by atoms with Gasteiger partial charge in [0.15, 0.2) is 0 Å². The van der Waals surface area contributed by atoms with Gasteiger partial charge in [-0.3, -0.25) is 4.98 Å². The zero-order valence-electron chi connectivity index (χ0n) is 6.86. The van der Waals surface area contributed by atoms with Crippen LogP contribution in [0.5, 0.6) is 0 Å². The van der Waals surface area contributed by atoms with Gasteiger partial charge in [-0.1, -0.05) is 6.07 Å². The molecule has 0 spiro atoms. The number of halogens is 1. The van der Waals surface area contributed by atoms with Crippen molar-refractivity contribution in [3.63, 3.8) is 0 Å². The fourth-order valence-corrected chi connectivity index (χ4v) is 1.52. The molecule has 1 aliphatic rings. The van der Waals surface area contributed by atoms with E-state index in [1.165, 1.54) is 18.5 Å². The lowest BCUT2D eigenvalue weighted by atomic mass is 10.1. The minimum atomic E-state index is 0. The van der Waals surface area contributed by atoms with Gasteiger partial charge in [-0.2, -0.15) is 0 Å². The zero-order chi connectivity index (χ0) is 7.52. The molecule has 1 fully saturated rings. The lowest BCUT2D eigenvalue weighted by Gasteiger charge is -2.07. The summed E-state index contributed by atoms with van der Waals surface area (Å²) in [6.07, 6.45) is 4.37. The summed E-state index contributed by atoms with van der Waals surface area (Å²) in [4.78, 5) is 4.30. The summed E-state index contributed by atoms with van der Waals surface area (Å²) < 4.78 is 0. The molecule has 0 aliphatic carbocycles. The summed E-state index contributed by atoms with van der Waals surface area (Å²) >= 11 is 0. The summed E-state index contributed by atoms with van der Waals surface area (Å²) in [6.45, 7) is 1.14. The number of hydrogen-bond donors (Lipinski definition) is 1. The third-order valence-corrected chi connectivity index (χ3v) is 2.11. The molecule has 0 aromatic carbocycles. The van der Waals surface area contributed by atoms with Crippen molar-refractivity contribution in [1.29, 1.82) is 0 Å². The average molecular weight is 185 g/mol. The van der Waals surface area contributed by atoms with Gasteiger partial charge in [0.25, 0.3) is 0 Å². The SMILES string of the molecule is Cl.c1ccc([C@H]2CCCN2)nc1. The molecule has 12 heavy (non-hydrogen) atoms. The van der Waals surface area contributed by atoms with E-state index in [0.717, 1.165) is 6.54 Å². The number of nitrogens with one attached hydrogen (secondary N) is 1. The fourth-order valence-electron chi connectivity index (χ4n) is 1.52. The molecule has 1 aromatic heterocycles. The van der Waals surface area contributed by atoms with Gasteiger partial charge in [-0.25, -0.2) is 0 Å². The fraction of sp³-hybridized carbons (Fsp3) is 0.444. The third kappa shape index (κ3) is 1.96. The van der Waals surface area contributed by atoms with E-state index in [9.17, 15) is 0 Å². The Labute approximate surface area is 78.8 Å². The molecule has 2 heterocycles. The van der Waals surface area contributed by atoms with Crippen molar-refractivity contribution >= 4 is 12.4 Å². The largest absolute Gasteiger partial charge is 0.309 e. The molecule has 0 amide bonds. The Bertz CT molecular complexity index is 219. The Hall–Kier alpha value is -0.600. The van der Waals surface area contributed by atoms with Crippen molar-refractivity contribution in [2.75, 3.05) is 6.54 Å². The molecule has 1 N–H and O–H groups in total. The van der Waals surface area contributed by atoms with Gasteiger partial charge in [0.2, 0.25) is 0 Å². The standard InChI is InChI=1S/C9H12N2.ClH/c1-2-6-10-8(4-1)9-5-3-7-11-9;/h1-2,4,6,9,11H,3,5,7H2;1H/t9-;/m1./s1. The second-order valence-electron chi connectivity index (χ2n) is 2.90. The molecule has 3 heteroatoms. The summed E-state index contributed by atoms with van der Waals surface area (Å²) in [5, 5.41) is 3.41. The molecule has 1 atom stereocenters. The molecule has 1 aromatic rings. The molecular formula is C9H13ClN2. The van der Waals surface area contributed by atoms with Crippen LogP contribution in [0.15, 0.2) is 24.4 Å². The van der Waals surface area contributed by atoms with Gasteiger partial charge in [-0.15, -0.1) is 12.4 Å². The quantitative estimate of drug-likeness (QED) is 0.722. The molecule has 1 aliphatic heterocycles. The first-order valence-electron chi connectivity index (χ1n) is 4.11. The number of pyridine rings is 1. The normalized spacial score (nSPS) is 21.8. The van der Waals surface area contributed by atoms with Crippen molar-refractivity contribution in [2.24, 2.45) is 0 Å². The van der Waals surface area contributed by atoms with E-state index in [4.69, 9.17) is 0 Å². The maximum Gasteiger partial charge on any atom is 0.0573 e. The van der Waals surface area contributed by atoms with Gasteiger partial charge in [-0.05, 0) is 31.5 Å². The van der Waals surface area contributed by atoms with Gasteiger partial charge < -0.3 is 5.32 Å². The Morgan fingerprint density at radius 2 is 2.33 bits per heavy atom. The minimum absolute atomic E-state index is 0. The highest BCUT2D eigenvalue weighted by atomic mass is 35.5. The van der Waals surface area contributed by atoms with Crippen molar-refractivity contribution in [2.45, 2.75) is 18.9 Å². The van der Waals surface area contributed by atoms with E-state index in [2.05, 4.69) is 16.4 Å². The molecule has 2 nitrogen and oxygen atoms in total. The molecule has 0 saturated carbocycles. The summed E-state index contributed by atoms with van der Waals surface area (Å²) in [5.41, 5.74) is 1.19. The lowest BCUT2D eigenvalue weighted by Crippen LogP contribution is -2.13. The van der Waals surface area contributed by atoms with Crippen molar-refractivity contribution in [1.82, 2.24) is 10.3 Å². The Balaban J connectivity index is 0.000000720. The first-order valence-corrected chi connectivity index (χ1v) is 4.11. The van der Waals surface area contributed by atoms with Crippen molar-refractivity contribution in [3.8, 4) is 0 Å². The molecule has 66 valence electrons. The maximum atomic E-state index is 4.30. The summed E-state index contributed by atoms with van der Waals surface area (Å²) in [7, 11) is 0. The number of nitrogens with zero attached hydrogens (tertiary/aromatic N) is 1. The molecule has 0 bridgehead atoms. The van der Waals surface area contributed by atoms with Crippen LogP contribution in [0.25, 0.3) is 0 Å². The molecule has 0 radical (unpaired) electrons.